The summed E-state index contributed by atoms with van der Waals surface area (Å²) in [5, 5.41) is 0. The molecule has 0 aromatic carbocycles. The summed E-state index contributed by atoms with van der Waals surface area (Å²) in [6.45, 7) is 3.28. The monoisotopic (exact) mass is 126 g/mol. The number of carbonyl (C=O) groups is 1. The van der Waals surface area contributed by atoms with Crippen molar-refractivity contribution >= 4 is 5.97 Å². The molecule has 2 nitrogen and oxygen atoms in total. The quantitative estimate of drug-likeness (QED) is 0.384. The average molecular weight is 126 g/mol. The number of hydrogen-bond donors (Lipinski definition) is 0. The molecule has 0 N–H and O–H groups in total. The van der Waals surface area contributed by atoms with Crippen molar-refractivity contribution in [3.8, 4) is 12.3 Å². The van der Waals surface area contributed by atoms with E-state index in [1.807, 2.05) is 0 Å². The fraction of sp³-hybridized carbons (Fsp3) is 0.571. The number of carbonyl (C=O) groups excluding carboxylic acids is 1. The maximum atomic E-state index is 10.7. The summed E-state index contributed by atoms with van der Waals surface area (Å²) in [6, 6.07) is 0. The van der Waals surface area contributed by atoms with E-state index in [0.717, 1.165) is 0 Å². The molecular weight excluding hydrogens is 116 g/mol. The molecule has 50 valence electrons. The zero-order valence-electron chi connectivity index (χ0n) is 5.89. The van der Waals surface area contributed by atoms with Gasteiger partial charge >= 0.3 is 5.97 Å². The molecule has 9 heavy (non-hydrogen) atoms. The Morgan fingerprint density at radius 3 is 2.22 bits per heavy atom. The fourth-order valence-electron chi connectivity index (χ4n) is 0.314. The molecule has 0 atom stereocenters. The number of esters is 1. The standard InChI is InChI=1S/C7H10O2/c1-5-7(2,3)6(8)9-4/h1H,2-4H3. The van der Waals surface area contributed by atoms with Crippen molar-refractivity contribution in [2.45, 2.75) is 13.8 Å². The summed E-state index contributed by atoms with van der Waals surface area (Å²) < 4.78 is 4.42. The maximum absolute atomic E-state index is 10.7. The predicted molar refractivity (Wildman–Crippen MR) is 34.6 cm³/mol. The second-order valence-electron chi connectivity index (χ2n) is 2.26. The van der Waals surface area contributed by atoms with E-state index in [4.69, 9.17) is 6.42 Å². The minimum atomic E-state index is -0.783. The molecule has 2 heteroatoms. The third kappa shape index (κ3) is 1.77. The first-order valence-corrected chi connectivity index (χ1v) is 2.61. The molecule has 0 saturated heterocycles. The smallest absolute Gasteiger partial charge is 0.323 e. The molecule has 0 fully saturated rings. The van der Waals surface area contributed by atoms with Crippen LogP contribution in [0.25, 0.3) is 0 Å². The number of ether oxygens (including phenoxy) is 1. The second-order valence-corrected chi connectivity index (χ2v) is 2.26. The summed E-state index contributed by atoms with van der Waals surface area (Å²) in [6.07, 6.45) is 5.03. The summed E-state index contributed by atoms with van der Waals surface area (Å²) in [4.78, 5) is 10.7. The Labute approximate surface area is 55.2 Å². The van der Waals surface area contributed by atoms with Crippen LogP contribution in [0.2, 0.25) is 0 Å². The van der Waals surface area contributed by atoms with Crippen LogP contribution in [0.4, 0.5) is 0 Å². The van der Waals surface area contributed by atoms with E-state index < -0.39 is 5.41 Å². The number of methoxy groups -OCH3 is 1. The summed E-state index contributed by atoms with van der Waals surface area (Å²) in [7, 11) is 1.32. The zero-order valence-corrected chi connectivity index (χ0v) is 5.89. The minimum absolute atomic E-state index is 0.370. The van der Waals surface area contributed by atoms with Gasteiger partial charge in [0.15, 0.2) is 0 Å². The molecule has 0 aromatic heterocycles. The van der Waals surface area contributed by atoms with Gasteiger partial charge in [-0.3, -0.25) is 4.79 Å². The normalized spacial score (nSPS) is 10.0. The van der Waals surface area contributed by atoms with Crippen molar-refractivity contribution in [2.24, 2.45) is 5.41 Å². The lowest BCUT2D eigenvalue weighted by Gasteiger charge is -2.12. The average Bonchev–Trinajstić information content (AvgIpc) is 1.86. The molecule has 0 spiro atoms. The van der Waals surface area contributed by atoms with Gasteiger partial charge in [-0.15, -0.1) is 6.42 Å². The van der Waals surface area contributed by atoms with Crippen LogP contribution in [-0.2, 0) is 9.53 Å². The van der Waals surface area contributed by atoms with E-state index in [-0.39, 0.29) is 5.97 Å². The first kappa shape index (κ1) is 8.03. The van der Waals surface area contributed by atoms with Crippen LogP contribution in [0, 0.1) is 17.8 Å². The number of terminal acetylenes is 1. The van der Waals surface area contributed by atoms with Gasteiger partial charge in [-0.05, 0) is 13.8 Å². The summed E-state index contributed by atoms with van der Waals surface area (Å²) in [5.41, 5.74) is -0.783. The Balaban J connectivity index is 4.19. The molecule has 0 aromatic rings. The molecule has 0 rings (SSSR count). The summed E-state index contributed by atoms with van der Waals surface area (Å²) in [5.74, 6) is 1.95. The van der Waals surface area contributed by atoms with E-state index in [0.29, 0.717) is 0 Å². The van der Waals surface area contributed by atoms with Gasteiger partial charge in [0.05, 0.1) is 7.11 Å². The van der Waals surface area contributed by atoms with Crippen LogP contribution in [0.15, 0.2) is 0 Å². The topological polar surface area (TPSA) is 26.3 Å². The fourth-order valence-corrected chi connectivity index (χ4v) is 0.314. The highest BCUT2D eigenvalue weighted by Crippen LogP contribution is 2.13. The van der Waals surface area contributed by atoms with Crippen LogP contribution < -0.4 is 0 Å². The van der Waals surface area contributed by atoms with Gasteiger partial charge in [-0.2, -0.15) is 0 Å². The number of hydrogen-bond acceptors (Lipinski definition) is 2. The molecule has 0 heterocycles. The van der Waals surface area contributed by atoms with E-state index in [2.05, 4.69) is 10.7 Å². The molecule has 0 aliphatic heterocycles. The van der Waals surface area contributed by atoms with Crippen LogP contribution >= 0.6 is 0 Å². The van der Waals surface area contributed by atoms with Crippen LogP contribution in [0.3, 0.4) is 0 Å². The van der Waals surface area contributed by atoms with Crippen molar-refractivity contribution in [1.82, 2.24) is 0 Å². The SMILES string of the molecule is C#CC(C)(C)C(=O)OC. The molecular formula is C7H10O2. The van der Waals surface area contributed by atoms with Gasteiger partial charge in [0, 0.05) is 0 Å². The first-order valence-electron chi connectivity index (χ1n) is 2.61. The lowest BCUT2D eigenvalue weighted by molar-refractivity contribution is -0.147. The Kier molecular flexibility index (Phi) is 2.27. The highest BCUT2D eigenvalue weighted by molar-refractivity contribution is 5.79. The highest BCUT2D eigenvalue weighted by Gasteiger charge is 2.25. The Morgan fingerprint density at radius 2 is 2.11 bits per heavy atom. The van der Waals surface area contributed by atoms with Gasteiger partial charge in [0.1, 0.15) is 5.41 Å². The molecule has 0 radical (unpaired) electrons. The maximum Gasteiger partial charge on any atom is 0.323 e. The van der Waals surface area contributed by atoms with Crippen LogP contribution in [0.1, 0.15) is 13.8 Å². The first-order chi connectivity index (χ1) is 4.04. The van der Waals surface area contributed by atoms with Crippen molar-refractivity contribution in [2.75, 3.05) is 7.11 Å². The molecule has 0 unspecified atom stereocenters. The van der Waals surface area contributed by atoms with Gasteiger partial charge < -0.3 is 4.74 Å². The van der Waals surface area contributed by atoms with E-state index in [9.17, 15) is 4.79 Å². The summed E-state index contributed by atoms with van der Waals surface area (Å²) >= 11 is 0. The second kappa shape index (κ2) is 2.54. The third-order valence-electron chi connectivity index (χ3n) is 1.06. The van der Waals surface area contributed by atoms with Gasteiger partial charge in [0.2, 0.25) is 0 Å². The van der Waals surface area contributed by atoms with Gasteiger partial charge in [-0.1, -0.05) is 5.92 Å². The van der Waals surface area contributed by atoms with Gasteiger partial charge in [0.25, 0.3) is 0 Å². The Morgan fingerprint density at radius 1 is 1.67 bits per heavy atom. The minimum Gasteiger partial charge on any atom is -0.468 e. The number of rotatable bonds is 1. The predicted octanol–water partition coefficient (Wildman–Crippen LogP) is 0.819. The van der Waals surface area contributed by atoms with Crippen molar-refractivity contribution < 1.29 is 9.53 Å². The van der Waals surface area contributed by atoms with Crippen LogP contribution in [0.5, 0.6) is 0 Å². The molecule has 0 aliphatic carbocycles. The van der Waals surface area contributed by atoms with Crippen molar-refractivity contribution in [3.05, 3.63) is 0 Å². The lowest BCUT2D eigenvalue weighted by atomic mass is 9.96. The third-order valence-corrected chi connectivity index (χ3v) is 1.06. The van der Waals surface area contributed by atoms with Crippen molar-refractivity contribution in [1.29, 1.82) is 0 Å². The van der Waals surface area contributed by atoms with E-state index in [1.165, 1.54) is 7.11 Å². The molecule has 0 aliphatic rings. The molecule has 0 saturated carbocycles. The Hall–Kier alpha value is -0.970. The Bertz CT molecular complexity index is 151. The van der Waals surface area contributed by atoms with E-state index >= 15 is 0 Å². The molecule has 0 amide bonds. The molecule has 0 bridgehead atoms. The van der Waals surface area contributed by atoms with Crippen LogP contribution in [-0.4, -0.2) is 13.1 Å². The zero-order chi connectivity index (χ0) is 7.49. The van der Waals surface area contributed by atoms with E-state index in [1.54, 1.807) is 13.8 Å². The van der Waals surface area contributed by atoms with Gasteiger partial charge in [-0.25, -0.2) is 0 Å². The largest absolute Gasteiger partial charge is 0.468 e. The lowest BCUT2D eigenvalue weighted by Crippen LogP contribution is -2.23. The highest BCUT2D eigenvalue weighted by atomic mass is 16.5. The van der Waals surface area contributed by atoms with Crippen molar-refractivity contribution in [3.63, 3.8) is 0 Å².